The Morgan fingerprint density at radius 1 is 1.42 bits per heavy atom. The molecule has 1 rings (SSSR count). The maximum Gasteiger partial charge on any atom is 0.258 e. The third kappa shape index (κ3) is 5.49. The van der Waals surface area contributed by atoms with Crippen molar-refractivity contribution in [2.45, 2.75) is 32.3 Å². The van der Waals surface area contributed by atoms with Crippen LogP contribution in [0.25, 0.3) is 0 Å². The largest absolute Gasteiger partial charge is 0.484 e. The fraction of sp³-hybridized carbons (Fsp3) is 0.500. The van der Waals surface area contributed by atoms with Crippen molar-refractivity contribution < 1.29 is 14.6 Å². The molecule has 1 aromatic rings. The lowest BCUT2D eigenvalue weighted by atomic mass is 9.98. The molecule has 0 aliphatic carbocycles. The summed E-state index contributed by atoms with van der Waals surface area (Å²) < 4.78 is 5.30. The number of amides is 1. The van der Waals surface area contributed by atoms with E-state index in [0.717, 1.165) is 0 Å². The number of ether oxygens (including phenoxy) is 1. The third-order valence-electron chi connectivity index (χ3n) is 3.10. The molecule has 1 amide bonds. The minimum Gasteiger partial charge on any atom is -0.484 e. The summed E-state index contributed by atoms with van der Waals surface area (Å²) >= 11 is 5.81. The summed E-state index contributed by atoms with van der Waals surface area (Å²) in [4.78, 5) is 11.6. The highest BCUT2D eigenvalue weighted by Gasteiger charge is 2.22. The van der Waals surface area contributed by atoms with Crippen molar-refractivity contribution in [3.63, 3.8) is 0 Å². The Morgan fingerprint density at radius 3 is 2.68 bits per heavy atom. The Hall–Kier alpha value is -1.26. The van der Waals surface area contributed by atoms with Gasteiger partial charge in [0.2, 0.25) is 0 Å². The molecule has 106 valence electrons. The zero-order chi connectivity index (χ0) is 14.3. The summed E-state index contributed by atoms with van der Waals surface area (Å²) in [5, 5.41) is 13.2. The Labute approximate surface area is 118 Å². The zero-order valence-corrected chi connectivity index (χ0v) is 12.0. The molecule has 0 atom stereocenters. The van der Waals surface area contributed by atoms with Gasteiger partial charge < -0.3 is 15.2 Å². The molecular weight excluding hydrogens is 266 g/mol. The second-order valence-electron chi connectivity index (χ2n) is 4.45. The quantitative estimate of drug-likeness (QED) is 0.809. The molecule has 0 fully saturated rings. The van der Waals surface area contributed by atoms with E-state index in [0.29, 0.717) is 23.6 Å². The lowest BCUT2D eigenvalue weighted by molar-refractivity contribution is -0.124. The van der Waals surface area contributed by atoms with Crippen molar-refractivity contribution in [3.05, 3.63) is 29.3 Å². The lowest BCUT2D eigenvalue weighted by Gasteiger charge is -2.25. The Balaban J connectivity index is 2.36. The first kappa shape index (κ1) is 15.8. The Bertz CT molecular complexity index is 419. The third-order valence-corrected chi connectivity index (χ3v) is 3.33. The zero-order valence-electron chi connectivity index (χ0n) is 11.3. The fourth-order valence-electron chi connectivity index (χ4n) is 1.52. The van der Waals surface area contributed by atoms with Crippen LogP contribution in [-0.4, -0.2) is 29.8 Å². The SMILES string of the molecule is CCC(O)(CC)CNC(=O)COc1cccc(Cl)c1. The first-order valence-corrected chi connectivity index (χ1v) is 6.74. The van der Waals surface area contributed by atoms with Gasteiger partial charge in [-0.1, -0.05) is 31.5 Å². The molecule has 0 saturated heterocycles. The molecule has 0 aromatic heterocycles. The number of nitrogens with one attached hydrogen (secondary N) is 1. The Kier molecular flexibility index (Phi) is 6.12. The number of aliphatic hydroxyl groups is 1. The normalized spacial score (nSPS) is 11.2. The van der Waals surface area contributed by atoms with Crippen molar-refractivity contribution >= 4 is 17.5 Å². The van der Waals surface area contributed by atoms with Crippen LogP contribution in [0.4, 0.5) is 0 Å². The number of hydrogen-bond donors (Lipinski definition) is 2. The van der Waals surface area contributed by atoms with Gasteiger partial charge in [-0.15, -0.1) is 0 Å². The van der Waals surface area contributed by atoms with Crippen LogP contribution < -0.4 is 10.1 Å². The van der Waals surface area contributed by atoms with Crippen LogP contribution in [0.1, 0.15) is 26.7 Å². The summed E-state index contributed by atoms with van der Waals surface area (Å²) in [6.07, 6.45) is 1.19. The highest BCUT2D eigenvalue weighted by Crippen LogP contribution is 2.17. The van der Waals surface area contributed by atoms with E-state index in [1.165, 1.54) is 0 Å². The van der Waals surface area contributed by atoms with Crippen LogP contribution >= 0.6 is 11.6 Å². The van der Waals surface area contributed by atoms with Crippen LogP contribution in [0.5, 0.6) is 5.75 Å². The molecule has 0 unspecified atom stereocenters. The van der Waals surface area contributed by atoms with Crippen molar-refractivity contribution in [1.29, 1.82) is 0 Å². The van der Waals surface area contributed by atoms with Gasteiger partial charge in [0, 0.05) is 11.6 Å². The van der Waals surface area contributed by atoms with Gasteiger partial charge in [0.15, 0.2) is 6.61 Å². The Morgan fingerprint density at radius 2 is 2.11 bits per heavy atom. The van der Waals surface area contributed by atoms with Crippen LogP contribution in [0.15, 0.2) is 24.3 Å². The number of benzene rings is 1. The number of halogens is 1. The second-order valence-corrected chi connectivity index (χ2v) is 4.89. The van der Waals surface area contributed by atoms with E-state index in [1.54, 1.807) is 24.3 Å². The van der Waals surface area contributed by atoms with Gasteiger partial charge >= 0.3 is 0 Å². The molecule has 5 heteroatoms. The first-order valence-electron chi connectivity index (χ1n) is 6.36. The highest BCUT2D eigenvalue weighted by molar-refractivity contribution is 6.30. The average Bonchev–Trinajstić information content (AvgIpc) is 2.42. The molecule has 0 bridgehead atoms. The number of carbonyl (C=O) groups excluding carboxylic acids is 1. The molecule has 1 aromatic carbocycles. The van der Waals surface area contributed by atoms with Crippen molar-refractivity contribution in [2.75, 3.05) is 13.2 Å². The molecule has 0 aliphatic rings. The maximum atomic E-state index is 11.6. The van der Waals surface area contributed by atoms with Crippen molar-refractivity contribution in [3.8, 4) is 5.75 Å². The average molecular weight is 286 g/mol. The monoisotopic (exact) mass is 285 g/mol. The molecule has 0 aliphatic heterocycles. The van der Waals surface area contributed by atoms with Gasteiger partial charge in [-0.2, -0.15) is 0 Å². The molecular formula is C14H20ClNO3. The van der Waals surface area contributed by atoms with Crippen molar-refractivity contribution in [1.82, 2.24) is 5.32 Å². The molecule has 0 radical (unpaired) electrons. The topological polar surface area (TPSA) is 58.6 Å². The smallest absolute Gasteiger partial charge is 0.258 e. The van der Waals surface area contributed by atoms with E-state index in [9.17, 15) is 9.90 Å². The van der Waals surface area contributed by atoms with E-state index in [2.05, 4.69) is 5.32 Å². The number of rotatable bonds is 7. The molecule has 0 saturated carbocycles. The van der Waals surface area contributed by atoms with E-state index >= 15 is 0 Å². The van der Waals surface area contributed by atoms with E-state index in [-0.39, 0.29) is 19.1 Å². The molecule has 2 N–H and O–H groups in total. The van der Waals surface area contributed by atoms with Crippen LogP contribution in [-0.2, 0) is 4.79 Å². The summed E-state index contributed by atoms with van der Waals surface area (Å²) in [5.41, 5.74) is -0.842. The van der Waals surface area contributed by atoms with E-state index in [4.69, 9.17) is 16.3 Å². The predicted octanol–water partition coefficient (Wildman–Crippen LogP) is 2.39. The maximum absolute atomic E-state index is 11.6. The minimum absolute atomic E-state index is 0.0934. The molecule has 0 spiro atoms. The second kappa shape index (κ2) is 7.36. The first-order chi connectivity index (χ1) is 8.99. The van der Waals surface area contributed by atoms with Gasteiger partial charge in [-0.25, -0.2) is 0 Å². The van der Waals surface area contributed by atoms with Crippen LogP contribution in [0, 0.1) is 0 Å². The van der Waals surface area contributed by atoms with Gasteiger partial charge in [0.1, 0.15) is 5.75 Å². The summed E-state index contributed by atoms with van der Waals surface area (Å²) in [6.45, 7) is 3.91. The standard InChI is InChI=1S/C14H20ClNO3/c1-3-14(18,4-2)10-16-13(17)9-19-12-7-5-6-11(15)8-12/h5-8,18H,3-4,9-10H2,1-2H3,(H,16,17). The van der Waals surface area contributed by atoms with Gasteiger partial charge in [-0.05, 0) is 31.0 Å². The molecule has 19 heavy (non-hydrogen) atoms. The van der Waals surface area contributed by atoms with E-state index < -0.39 is 5.60 Å². The predicted molar refractivity (Wildman–Crippen MR) is 75.5 cm³/mol. The van der Waals surface area contributed by atoms with Crippen molar-refractivity contribution in [2.24, 2.45) is 0 Å². The van der Waals surface area contributed by atoms with Gasteiger partial charge in [-0.3, -0.25) is 4.79 Å². The van der Waals surface area contributed by atoms with Gasteiger partial charge in [0.25, 0.3) is 5.91 Å². The molecule has 0 heterocycles. The number of carbonyl (C=O) groups is 1. The summed E-state index contributed by atoms with van der Waals surface area (Å²) in [5.74, 6) is 0.282. The fourth-order valence-corrected chi connectivity index (χ4v) is 1.70. The van der Waals surface area contributed by atoms with Crippen LogP contribution in [0.3, 0.4) is 0 Å². The lowest BCUT2D eigenvalue weighted by Crippen LogP contribution is -2.43. The highest BCUT2D eigenvalue weighted by atomic mass is 35.5. The van der Waals surface area contributed by atoms with Crippen LogP contribution in [0.2, 0.25) is 5.02 Å². The van der Waals surface area contributed by atoms with E-state index in [1.807, 2.05) is 13.8 Å². The molecule has 4 nitrogen and oxygen atoms in total. The summed E-state index contributed by atoms with van der Waals surface area (Å²) in [7, 11) is 0. The number of hydrogen-bond acceptors (Lipinski definition) is 3. The minimum atomic E-state index is -0.842. The summed E-state index contributed by atoms with van der Waals surface area (Å²) in [6, 6.07) is 6.86. The van der Waals surface area contributed by atoms with Gasteiger partial charge in [0.05, 0.1) is 5.60 Å².